The zero-order chi connectivity index (χ0) is 6.69. The van der Waals surface area contributed by atoms with Gasteiger partial charge >= 0.3 is 0 Å². The van der Waals surface area contributed by atoms with Crippen LogP contribution in [-0.4, -0.2) is 15.4 Å². The average Bonchev–Trinajstić information content (AvgIpc) is 2.37. The highest BCUT2D eigenvalue weighted by Crippen LogP contribution is 2.05. The van der Waals surface area contributed by atoms with Crippen LogP contribution in [0, 0.1) is 6.04 Å². The largest absolute Gasteiger partial charge is 0.318 e. The number of nitrogens with one attached hydrogen (secondary N) is 1. The van der Waals surface area contributed by atoms with E-state index < -0.39 is 0 Å². The molecule has 0 amide bonds. The van der Waals surface area contributed by atoms with Crippen molar-refractivity contribution in [1.82, 2.24) is 15.4 Å². The number of hydrogen-bond acceptors (Lipinski definition) is 3. The van der Waals surface area contributed by atoms with Gasteiger partial charge in [-0.15, -0.1) is 5.10 Å². The highest BCUT2D eigenvalue weighted by Gasteiger charge is 2.05. The SMILES string of the molecule is CC[C](N)c1c[nH]nn1. The molecule has 1 heterocycles. The van der Waals surface area contributed by atoms with Crippen molar-refractivity contribution in [3.63, 3.8) is 0 Å². The van der Waals surface area contributed by atoms with Gasteiger partial charge in [0.2, 0.25) is 0 Å². The Hall–Kier alpha value is -0.900. The first kappa shape index (κ1) is 6.22. The Morgan fingerprint density at radius 2 is 2.67 bits per heavy atom. The van der Waals surface area contributed by atoms with E-state index in [-0.39, 0.29) is 0 Å². The van der Waals surface area contributed by atoms with Gasteiger partial charge in [0.05, 0.1) is 6.04 Å². The maximum absolute atomic E-state index is 5.53. The summed E-state index contributed by atoms with van der Waals surface area (Å²) in [6.45, 7) is 1.98. The van der Waals surface area contributed by atoms with Gasteiger partial charge in [-0.05, 0) is 6.42 Å². The molecule has 1 aromatic rings. The summed E-state index contributed by atoms with van der Waals surface area (Å²) >= 11 is 0. The first-order valence-corrected chi connectivity index (χ1v) is 2.82. The summed E-state index contributed by atoms with van der Waals surface area (Å²) in [7, 11) is 0. The van der Waals surface area contributed by atoms with Crippen LogP contribution in [0.15, 0.2) is 6.20 Å². The first-order valence-electron chi connectivity index (χ1n) is 2.82. The molecule has 0 aliphatic heterocycles. The fraction of sp³-hybridized carbons (Fsp3) is 0.400. The molecule has 4 nitrogen and oxygen atoms in total. The summed E-state index contributed by atoms with van der Waals surface area (Å²) in [6, 6.07) is 0.767. The Labute approximate surface area is 53.5 Å². The lowest BCUT2D eigenvalue weighted by molar-refractivity contribution is 0.862. The van der Waals surface area contributed by atoms with Crippen LogP contribution >= 0.6 is 0 Å². The predicted molar refractivity (Wildman–Crippen MR) is 33.2 cm³/mol. The van der Waals surface area contributed by atoms with Gasteiger partial charge in [-0.1, -0.05) is 12.1 Å². The smallest absolute Gasteiger partial charge is 0.105 e. The number of rotatable bonds is 2. The van der Waals surface area contributed by atoms with Crippen LogP contribution in [0.5, 0.6) is 0 Å². The molecular formula is C5H9N4. The van der Waals surface area contributed by atoms with Crippen molar-refractivity contribution in [2.24, 2.45) is 5.73 Å². The monoisotopic (exact) mass is 125 g/mol. The number of nitrogens with two attached hydrogens (primary N) is 1. The second kappa shape index (κ2) is 2.59. The van der Waals surface area contributed by atoms with Crippen LogP contribution in [0.4, 0.5) is 0 Å². The summed E-state index contributed by atoms with van der Waals surface area (Å²) in [5.41, 5.74) is 6.28. The van der Waals surface area contributed by atoms with E-state index >= 15 is 0 Å². The molecule has 0 fully saturated rings. The first-order chi connectivity index (χ1) is 4.34. The minimum absolute atomic E-state index is 0.748. The zero-order valence-corrected chi connectivity index (χ0v) is 5.26. The third-order valence-electron chi connectivity index (χ3n) is 1.13. The summed E-state index contributed by atoms with van der Waals surface area (Å²) in [4.78, 5) is 0. The molecule has 9 heavy (non-hydrogen) atoms. The standard InChI is InChI=1S/C5H9N4/c1-2-4(6)5-3-7-9-8-5/h3H,2,6H2,1H3,(H,7,8,9). The van der Waals surface area contributed by atoms with Gasteiger partial charge < -0.3 is 5.73 Å². The van der Waals surface area contributed by atoms with E-state index in [0.717, 1.165) is 18.2 Å². The molecule has 0 spiro atoms. The highest BCUT2D eigenvalue weighted by molar-refractivity contribution is 5.13. The Kier molecular flexibility index (Phi) is 1.79. The second-order valence-corrected chi connectivity index (χ2v) is 1.74. The molecular weight excluding hydrogens is 116 g/mol. The van der Waals surface area contributed by atoms with Gasteiger partial charge in [0.15, 0.2) is 0 Å². The minimum Gasteiger partial charge on any atom is -0.318 e. The Morgan fingerprint density at radius 3 is 3.11 bits per heavy atom. The Morgan fingerprint density at radius 1 is 1.89 bits per heavy atom. The molecule has 0 aliphatic rings. The molecule has 1 radical (unpaired) electrons. The maximum Gasteiger partial charge on any atom is 0.105 e. The van der Waals surface area contributed by atoms with E-state index in [0.29, 0.717) is 0 Å². The normalized spacial score (nSPS) is 10.6. The number of hydrogen-bond donors (Lipinski definition) is 2. The van der Waals surface area contributed by atoms with Crippen molar-refractivity contribution in [3.8, 4) is 0 Å². The van der Waals surface area contributed by atoms with Crippen molar-refractivity contribution in [2.45, 2.75) is 13.3 Å². The van der Waals surface area contributed by atoms with E-state index in [4.69, 9.17) is 5.73 Å². The lowest BCUT2D eigenvalue weighted by Gasteiger charge is -1.98. The maximum atomic E-state index is 5.53. The molecule has 0 saturated carbocycles. The van der Waals surface area contributed by atoms with Crippen molar-refractivity contribution < 1.29 is 0 Å². The zero-order valence-electron chi connectivity index (χ0n) is 5.26. The van der Waals surface area contributed by atoms with Gasteiger partial charge in [0.1, 0.15) is 5.69 Å². The van der Waals surface area contributed by atoms with Crippen molar-refractivity contribution in [2.75, 3.05) is 0 Å². The number of aromatic nitrogens is 3. The van der Waals surface area contributed by atoms with Crippen LogP contribution in [-0.2, 0) is 0 Å². The number of aromatic amines is 1. The predicted octanol–water partition coefficient (Wildman–Crippen LogP) is 0.0535. The summed E-state index contributed by atoms with van der Waals surface area (Å²) < 4.78 is 0. The minimum atomic E-state index is 0.748. The van der Waals surface area contributed by atoms with Crippen molar-refractivity contribution in [3.05, 3.63) is 17.9 Å². The van der Waals surface area contributed by atoms with Crippen LogP contribution in [0.3, 0.4) is 0 Å². The second-order valence-electron chi connectivity index (χ2n) is 1.74. The van der Waals surface area contributed by atoms with Gasteiger partial charge in [-0.2, -0.15) is 0 Å². The molecule has 0 aromatic carbocycles. The van der Waals surface area contributed by atoms with Crippen LogP contribution in [0.25, 0.3) is 0 Å². The number of nitrogens with zero attached hydrogens (tertiary/aromatic N) is 2. The van der Waals surface area contributed by atoms with Crippen LogP contribution < -0.4 is 5.73 Å². The molecule has 0 atom stereocenters. The summed E-state index contributed by atoms with van der Waals surface area (Å²) in [5, 5.41) is 9.82. The van der Waals surface area contributed by atoms with E-state index in [1.54, 1.807) is 6.20 Å². The molecule has 0 aliphatic carbocycles. The lowest BCUT2D eigenvalue weighted by atomic mass is 10.2. The highest BCUT2D eigenvalue weighted by atomic mass is 15.3. The topological polar surface area (TPSA) is 67.6 Å². The van der Waals surface area contributed by atoms with Crippen LogP contribution in [0.2, 0.25) is 0 Å². The molecule has 3 N–H and O–H groups in total. The van der Waals surface area contributed by atoms with Crippen molar-refractivity contribution >= 4 is 0 Å². The lowest BCUT2D eigenvalue weighted by Crippen LogP contribution is -2.09. The molecule has 4 heteroatoms. The van der Waals surface area contributed by atoms with Gasteiger partial charge in [-0.25, -0.2) is 0 Å². The Balaban J connectivity index is 2.65. The van der Waals surface area contributed by atoms with E-state index in [1.165, 1.54) is 0 Å². The van der Waals surface area contributed by atoms with E-state index in [2.05, 4.69) is 15.4 Å². The quantitative estimate of drug-likeness (QED) is 0.587. The van der Waals surface area contributed by atoms with E-state index in [9.17, 15) is 0 Å². The third-order valence-corrected chi connectivity index (χ3v) is 1.13. The summed E-state index contributed by atoms with van der Waals surface area (Å²) in [6.07, 6.45) is 2.49. The molecule has 1 aromatic heterocycles. The Bertz CT molecular complexity index is 157. The van der Waals surface area contributed by atoms with E-state index in [1.807, 2.05) is 6.92 Å². The molecule has 0 unspecified atom stereocenters. The summed E-state index contributed by atoms with van der Waals surface area (Å²) in [5.74, 6) is 0. The molecule has 0 bridgehead atoms. The van der Waals surface area contributed by atoms with Crippen LogP contribution in [0.1, 0.15) is 19.0 Å². The molecule has 1 rings (SSSR count). The number of H-pyrrole nitrogens is 1. The van der Waals surface area contributed by atoms with Gasteiger partial charge in [0.25, 0.3) is 0 Å². The van der Waals surface area contributed by atoms with Gasteiger partial charge in [-0.3, -0.25) is 5.10 Å². The third kappa shape index (κ3) is 1.26. The van der Waals surface area contributed by atoms with Crippen molar-refractivity contribution in [1.29, 1.82) is 0 Å². The molecule has 0 saturated heterocycles. The molecule has 49 valence electrons. The average molecular weight is 125 g/mol. The fourth-order valence-electron chi connectivity index (χ4n) is 0.540. The fourth-order valence-corrected chi connectivity index (χ4v) is 0.540. The van der Waals surface area contributed by atoms with Gasteiger partial charge in [0, 0.05) is 6.20 Å².